The molecule has 0 bridgehead atoms. The molecule has 0 unspecified atom stereocenters. The van der Waals surface area contributed by atoms with Crippen molar-refractivity contribution in [3.63, 3.8) is 0 Å². The first-order valence-electron chi connectivity index (χ1n) is 5.63. The molecule has 0 atom stereocenters. The SMILES string of the molecule is CN(C)c1ccc(C=C2C(=O)NC(=O)NC2=O)cc1. The van der Waals surface area contributed by atoms with E-state index in [1.165, 1.54) is 6.08 Å². The maximum Gasteiger partial charge on any atom is 0.328 e. The van der Waals surface area contributed by atoms with Crippen molar-refractivity contribution in [2.24, 2.45) is 0 Å². The zero-order valence-electron chi connectivity index (χ0n) is 10.6. The summed E-state index contributed by atoms with van der Waals surface area (Å²) in [5.74, 6) is -1.38. The van der Waals surface area contributed by atoms with Gasteiger partial charge in [-0.25, -0.2) is 4.79 Å². The van der Waals surface area contributed by atoms with Gasteiger partial charge in [-0.15, -0.1) is 0 Å². The summed E-state index contributed by atoms with van der Waals surface area (Å²) in [5.41, 5.74) is 1.63. The van der Waals surface area contributed by atoms with Gasteiger partial charge >= 0.3 is 6.03 Å². The largest absolute Gasteiger partial charge is 0.378 e. The third kappa shape index (κ3) is 2.79. The summed E-state index contributed by atoms with van der Waals surface area (Å²) in [5, 5.41) is 4.05. The van der Waals surface area contributed by atoms with Crippen LogP contribution in [0.5, 0.6) is 0 Å². The highest BCUT2D eigenvalue weighted by atomic mass is 16.2. The number of nitrogens with zero attached hydrogens (tertiary/aromatic N) is 1. The lowest BCUT2D eigenvalue weighted by atomic mass is 10.1. The number of urea groups is 1. The van der Waals surface area contributed by atoms with Crippen molar-refractivity contribution in [1.29, 1.82) is 0 Å². The van der Waals surface area contributed by atoms with Crippen molar-refractivity contribution >= 4 is 29.6 Å². The molecule has 0 spiro atoms. The van der Waals surface area contributed by atoms with Crippen molar-refractivity contribution in [3.8, 4) is 0 Å². The second-order valence-corrected chi connectivity index (χ2v) is 4.28. The van der Waals surface area contributed by atoms with Crippen molar-refractivity contribution in [2.45, 2.75) is 0 Å². The molecule has 0 radical (unpaired) electrons. The molecule has 2 N–H and O–H groups in total. The zero-order chi connectivity index (χ0) is 14.0. The Morgan fingerprint density at radius 2 is 1.47 bits per heavy atom. The molecule has 1 aliphatic heterocycles. The van der Waals surface area contributed by atoms with E-state index in [0.717, 1.165) is 5.69 Å². The predicted molar refractivity (Wildman–Crippen MR) is 70.4 cm³/mol. The number of nitrogens with one attached hydrogen (secondary N) is 2. The summed E-state index contributed by atoms with van der Waals surface area (Å²) >= 11 is 0. The Morgan fingerprint density at radius 1 is 0.947 bits per heavy atom. The van der Waals surface area contributed by atoms with E-state index in [2.05, 4.69) is 0 Å². The Hall–Kier alpha value is -2.63. The van der Waals surface area contributed by atoms with Crippen molar-refractivity contribution < 1.29 is 14.4 Å². The number of barbiturate groups is 1. The Balaban J connectivity index is 2.27. The Bertz CT molecular complexity index is 551. The number of carbonyl (C=O) groups is 3. The molecule has 1 aromatic rings. The lowest BCUT2D eigenvalue weighted by molar-refractivity contribution is -0.123. The number of rotatable bonds is 2. The summed E-state index contributed by atoms with van der Waals surface area (Å²) < 4.78 is 0. The van der Waals surface area contributed by atoms with Crippen molar-refractivity contribution in [1.82, 2.24) is 10.6 Å². The summed E-state index contributed by atoms with van der Waals surface area (Å²) in [6, 6.07) is 6.53. The monoisotopic (exact) mass is 259 g/mol. The van der Waals surface area contributed by atoms with E-state index in [4.69, 9.17) is 0 Å². The average molecular weight is 259 g/mol. The van der Waals surface area contributed by atoms with Crippen LogP contribution in [0.1, 0.15) is 5.56 Å². The molecule has 0 aliphatic carbocycles. The highest BCUT2D eigenvalue weighted by Gasteiger charge is 2.27. The molecule has 2 rings (SSSR count). The van der Waals surface area contributed by atoms with Crippen LogP contribution in [-0.4, -0.2) is 31.9 Å². The normalized spacial score (nSPS) is 14.8. The molecule has 4 amide bonds. The molecule has 1 fully saturated rings. The number of benzene rings is 1. The van der Waals surface area contributed by atoms with Crippen LogP contribution in [0.25, 0.3) is 6.08 Å². The van der Waals surface area contributed by atoms with Gasteiger partial charge < -0.3 is 4.90 Å². The molecular weight excluding hydrogens is 246 g/mol. The first kappa shape index (κ1) is 12.8. The average Bonchev–Trinajstić information content (AvgIpc) is 2.34. The van der Waals surface area contributed by atoms with Gasteiger partial charge in [0, 0.05) is 19.8 Å². The topological polar surface area (TPSA) is 78.5 Å². The second kappa shape index (κ2) is 4.93. The molecule has 1 saturated heterocycles. The molecule has 6 nitrogen and oxygen atoms in total. The number of amides is 4. The van der Waals surface area contributed by atoms with Gasteiger partial charge in [-0.2, -0.15) is 0 Å². The van der Waals surface area contributed by atoms with E-state index < -0.39 is 17.8 Å². The molecule has 19 heavy (non-hydrogen) atoms. The smallest absolute Gasteiger partial charge is 0.328 e. The quantitative estimate of drug-likeness (QED) is 0.599. The van der Waals surface area contributed by atoms with E-state index in [1.54, 1.807) is 12.1 Å². The van der Waals surface area contributed by atoms with Crippen LogP contribution < -0.4 is 15.5 Å². The second-order valence-electron chi connectivity index (χ2n) is 4.28. The number of imide groups is 2. The van der Waals surface area contributed by atoms with Gasteiger partial charge in [0.05, 0.1) is 0 Å². The van der Waals surface area contributed by atoms with Gasteiger partial charge in [0.25, 0.3) is 11.8 Å². The molecule has 1 aromatic carbocycles. The van der Waals surface area contributed by atoms with Crippen molar-refractivity contribution in [2.75, 3.05) is 19.0 Å². The summed E-state index contributed by atoms with van der Waals surface area (Å²) in [6.07, 6.45) is 1.44. The molecule has 98 valence electrons. The first-order valence-corrected chi connectivity index (χ1v) is 5.63. The molecule has 6 heteroatoms. The van der Waals surface area contributed by atoms with Gasteiger partial charge in [0.15, 0.2) is 0 Å². The van der Waals surface area contributed by atoms with E-state index in [-0.39, 0.29) is 5.57 Å². The van der Waals surface area contributed by atoms with Crippen LogP contribution in [0.4, 0.5) is 10.5 Å². The summed E-state index contributed by atoms with van der Waals surface area (Å²) in [7, 11) is 3.84. The zero-order valence-corrected chi connectivity index (χ0v) is 10.6. The van der Waals surface area contributed by atoms with Crippen LogP contribution in [0.15, 0.2) is 29.8 Å². The minimum atomic E-state index is -0.796. The van der Waals surface area contributed by atoms with Crippen LogP contribution in [0, 0.1) is 0 Å². The van der Waals surface area contributed by atoms with Gasteiger partial charge in [-0.3, -0.25) is 20.2 Å². The van der Waals surface area contributed by atoms with Gasteiger partial charge in [-0.1, -0.05) is 12.1 Å². The third-order valence-corrected chi connectivity index (χ3v) is 2.66. The lowest BCUT2D eigenvalue weighted by Gasteiger charge is -2.14. The fourth-order valence-electron chi connectivity index (χ4n) is 1.64. The fraction of sp³-hybridized carbons (Fsp3) is 0.154. The predicted octanol–water partition coefficient (Wildman–Crippen LogP) is 0.502. The molecule has 0 aromatic heterocycles. The lowest BCUT2D eigenvalue weighted by Crippen LogP contribution is -2.51. The number of hydrogen-bond donors (Lipinski definition) is 2. The first-order chi connectivity index (χ1) is 8.97. The maximum absolute atomic E-state index is 11.5. The third-order valence-electron chi connectivity index (χ3n) is 2.66. The molecule has 1 aliphatic rings. The highest BCUT2D eigenvalue weighted by molar-refractivity contribution is 6.31. The van der Waals surface area contributed by atoms with Gasteiger partial charge in [0.1, 0.15) is 5.57 Å². The Labute approximate surface area is 110 Å². The molecule has 1 heterocycles. The fourth-order valence-corrected chi connectivity index (χ4v) is 1.64. The van der Waals surface area contributed by atoms with E-state index in [0.29, 0.717) is 5.56 Å². The summed E-state index contributed by atoms with van der Waals surface area (Å²) in [6.45, 7) is 0. The van der Waals surface area contributed by atoms with Crippen LogP contribution >= 0.6 is 0 Å². The maximum atomic E-state index is 11.5. The number of carbonyl (C=O) groups excluding carboxylic acids is 3. The van der Waals surface area contributed by atoms with Crippen LogP contribution in [0.2, 0.25) is 0 Å². The number of anilines is 1. The minimum Gasteiger partial charge on any atom is -0.378 e. The van der Waals surface area contributed by atoms with Gasteiger partial charge in [-0.05, 0) is 23.8 Å². The molecular formula is C13H13N3O3. The number of hydrogen-bond acceptors (Lipinski definition) is 4. The minimum absolute atomic E-state index is 0.0859. The molecule has 0 saturated carbocycles. The Morgan fingerprint density at radius 3 is 1.95 bits per heavy atom. The van der Waals surface area contributed by atoms with Crippen LogP contribution in [-0.2, 0) is 9.59 Å². The van der Waals surface area contributed by atoms with E-state index in [9.17, 15) is 14.4 Å². The van der Waals surface area contributed by atoms with E-state index >= 15 is 0 Å². The highest BCUT2D eigenvalue weighted by Crippen LogP contribution is 2.15. The van der Waals surface area contributed by atoms with Gasteiger partial charge in [0.2, 0.25) is 0 Å². The van der Waals surface area contributed by atoms with Crippen LogP contribution in [0.3, 0.4) is 0 Å². The Kier molecular flexibility index (Phi) is 3.33. The van der Waals surface area contributed by atoms with E-state index in [1.807, 2.05) is 41.8 Å². The van der Waals surface area contributed by atoms with Crippen molar-refractivity contribution in [3.05, 3.63) is 35.4 Å². The standard InChI is InChI=1S/C13H13N3O3/c1-16(2)9-5-3-8(4-6-9)7-10-11(17)14-13(19)15-12(10)18/h3-7H,1-2H3,(H2,14,15,17,18,19). The summed E-state index contributed by atoms with van der Waals surface area (Å²) in [4.78, 5) is 35.9.